The predicted molar refractivity (Wildman–Crippen MR) is 284 cm³/mol. The second kappa shape index (κ2) is 17.0. The summed E-state index contributed by atoms with van der Waals surface area (Å²) < 4.78 is 2.60. The zero-order chi connectivity index (χ0) is 43.8. The summed E-state index contributed by atoms with van der Waals surface area (Å²) in [6, 6.07) is 95.2. The molecule has 0 atom stereocenters. The van der Waals surface area contributed by atoms with E-state index in [1.54, 1.807) is 0 Å². The van der Waals surface area contributed by atoms with E-state index in [0.717, 1.165) is 22.6 Å². The van der Waals surface area contributed by atoms with Crippen molar-refractivity contribution in [3.63, 3.8) is 0 Å². The quantitative estimate of drug-likeness (QED) is 0.140. The molecule has 66 heavy (non-hydrogen) atoms. The van der Waals surface area contributed by atoms with Crippen LogP contribution in [0, 0.1) is 0 Å². The highest BCUT2D eigenvalue weighted by atomic mass is 32.1. The molecule has 0 saturated carbocycles. The molecule has 1 heterocycles. The van der Waals surface area contributed by atoms with E-state index in [4.69, 9.17) is 0 Å². The van der Waals surface area contributed by atoms with E-state index in [2.05, 4.69) is 266 Å². The van der Waals surface area contributed by atoms with Crippen LogP contribution in [-0.2, 0) is 0 Å². The van der Waals surface area contributed by atoms with Crippen LogP contribution in [0.1, 0.15) is 0 Å². The van der Waals surface area contributed by atoms with Gasteiger partial charge in [-0.25, -0.2) is 0 Å². The van der Waals surface area contributed by atoms with Gasteiger partial charge in [0, 0.05) is 42.6 Å². The van der Waals surface area contributed by atoms with Crippen LogP contribution in [0.4, 0.5) is 17.1 Å². The van der Waals surface area contributed by atoms with Gasteiger partial charge in [-0.1, -0.05) is 224 Å². The smallest absolute Gasteiger partial charge is 0.0540 e. The van der Waals surface area contributed by atoms with E-state index in [9.17, 15) is 0 Å². The molecule has 1 nitrogen and oxygen atoms in total. The zero-order valence-corrected chi connectivity index (χ0v) is 37.0. The summed E-state index contributed by atoms with van der Waals surface area (Å²) >= 11 is 1.88. The van der Waals surface area contributed by atoms with Crippen LogP contribution in [0.25, 0.3) is 97.7 Å². The maximum absolute atomic E-state index is 2.48. The fourth-order valence-corrected chi connectivity index (χ4v) is 11.0. The molecule has 0 amide bonds. The molecule has 0 bridgehead atoms. The molecule has 0 aliphatic heterocycles. The van der Waals surface area contributed by atoms with Gasteiger partial charge in [-0.05, 0) is 97.2 Å². The maximum atomic E-state index is 2.48. The second-order valence-electron chi connectivity index (χ2n) is 16.8. The van der Waals surface area contributed by atoms with Crippen molar-refractivity contribution in [3.05, 3.63) is 261 Å². The molecule has 0 aliphatic rings. The lowest BCUT2D eigenvalue weighted by molar-refractivity contribution is 1.28. The van der Waals surface area contributed by atoms with E-state index in [1.807, 2.05) is 11.3 Å². The van der Waals surface area contributed by atoms with Crippen LogP contribution < -0.4 is 4.90 Å². The van der Waals surface area contributed by atoms with Crippen LogP contribution >= 0.6 is 11.3 Å². The Kier molecular flexibility index (Phi) is 10.1. The monoisotopic (exact) mass is 857 g/mol. The Morgan fingerprint density at radius 1 is 0.258 bits per heavy atom. The van der Waals surface area contributed by atoms with Gasteiger partial charge in [0.15, 0.2) is 0 Å². The first kappa shape index (κ1) is 39.3. The van der Waals surface area contributed by atoms with Gasteiger partial charge in [0.25, 0.3) is 0 Å². The van der Waals surface area contributed by atoms with Crippen molar-refractivity contribution in [1.82, 2.24) is 0 Å². The fraction of sp³-hybridized carbons (Fsp3) is 0. The number of para-hydroxylation sites is 2. The van der Waals surface area contributed by atoms with Crippen molar-refractivity contribution in [1.29, 1.82) is 0 Å². The van der Waals surface area contributed by atoms with Crippen molar-refractivity contribution >= 4 is 59.3 Å². The predicted octanol–water partition coefficient (Wildman–Crippen LogP) is 18.7. The number of fused-ring (bicyclic) bond motifs is 4. The van der Waals surface area contributed by atoms with Gasteiger partial charge in [-0.15, -0.1) is 11.3 Å². The number of hydrogen-bond donors (Lipinski definition) is 0. The lowest BCUT2D eigenvalue weighted by Crippen LogP contribution is -2.12. The highest BCUT2D eigenvalue weighted by molar-refractivity contribution is 7.26. The molecule has 11 aromatic carbocycles. The summed E-state index contributed by atoms with van der Waals surface area (Å²) in [4.78, 5) is 2.48. The Balaban J connectivity index is 1.01. The Hall–Kier alpha value is -8.30. The normalized spacial score (nSPS) is 11.3. The molecule has 1 aromatic heterocycles. The third-order valence-corrected chi connectivity index (χ3v) is 14.2. The van der Waals surface area contributed by atoms with Gasteiger partial charge in [-0.3, -0.25) is 0 Å². The van der Waals surface area contributed by atoms with Crippen molar-refractivity contribution in [2.75, 3.05) is 4.90 Å². The number of nitrogens with zero attached hydrogens (tertiary/aromatic N) is 1. The number of anilines is 3. The molecular weight excluding hydrogens is 815 g/mol. The molecule has 0 saturated heterocycles. The molecular formula is C64H43NS. The molecule has 0 spiro atoms. The summed E-state index contributed by atoms with van der Waals surface area (Å²) in [6.45, 7) is 0. The number of hydrogen-bond acceptors (Lipinski definition) is 2. The Morgan fingerprint density at radius 2 is 0.712 bits per heavy atom. The summed E-state index contributed by atoms with van der Waals surface area (Å²) in [5.41, 5.74) is 17.6. The van der Waals surface area contributed by atoms with Gasteiger partial charge in [-0.2, -0.15) is 0 Å². The molecule has 0 fully saturated rings. The van der Waals surface area contributed by atoms with Crippen LogP contribution in [-0.4, -0.2) is 0 Å². The summed E-state index contributed by atoms with van der Waals surface area (Å²) in [5.74, 6) is 0. The van der Waals surface area contributed by atoms with E-state index in [-0.39, 0.29) is 0 Å². The van der Waals surface area contributed by atoms with Crippen molar-refractivity contribution in [2.24, 2.45) is 0 Å². The zero-order valence-electron chi connectivity index (χ0n) is 36.2. The van der Waals surface area contributed by atoms with Gasteiger partial charge in [0.05, 0.1) is 11.4 Å². The molecule has 0 unspecified atom stereocenters. The number of rotatable bonds is 9. The third kappa shape index (κ3) is 7.15. The van der Waals surface area contributed by atoms with Crippen molar-refractivity contribution in [2.45, 2.75) is 0 Å². The lowest BCUT2D eigenvalue weighted by atomic mass is 9.88. The van der Waals surface area contributed by atoms with Gasteiger partial charge >= 0.3 is 0 Å². The third-order valence-electron chi connectivity index (χ3n) is 12.9. The standard InChI is InChI=1S/C64H43NS/c1-2-18-48(19-3-1)52-21-6-7-22-53(52)54-23-8-9-24-55(54)56-25-10-13-30-61(56)65(62-31-14-11-26-57(62)59-28-16-29-60-58-27-12-15-32-63(58)66-64(59)60)51-41-39-46(40-42-51)45-33-35-47(36-34-45)50-38-37-44-17-4-5-20-49(44)43-50/h1-43H. The minimum absolute atomic E-state index is 1.08. The van der Waals surface area contributed by atoms with Gasteiger partial charge in [0.1, 0.15) is 0 Å². The first-order chi connectivity index (χ1) is 32.7. The highest BCUT2D eigenvalue weighted by Gasteiger charge is 2.23. The molecule has 12 rings (SSSR count). The molecule has 12 aromatic rings. The molecule has 310 valence electrons. The summed E-state index contributed by atoms with van der Waals surface area (Å²) in [7, 11) is 0. The number of benzene rings is 11. The number of thiophene rings is 1. The Bertz CT molecular complexity index is 3700. The van der Waals surface area contributed by atoms with Crippen LogP contribution in [0.3, 0.4) is 0 Å². The molecule has 0 aliphatic carbocycles. The van der Waals surface area contributed by atoms with Crippen molar-refractivity contribution in [3.8, 4) is 66.8 Å². The van der Waals surface area contributed by atoms with Gasteiger partial charge in [0.2, 0.25) is 0 Å². The maximum Gasteiger partial charge on any atom is 0.0540 e. The van der Waals surface area contributed by atoms with Crippen LogP contribution in [0.15, 0.2) is 261 Å². The van der Waals surface area contributed by atoms with Crippen LogP contribution in [0.5, 0.6) is 0 Å². The average Bonchev–Trinajstić information content (AvgIpc) is 3.79. The topological polar surface area (TPSA) is 3.24 Å². The lowest BCUT2D eigenvalue weighted by Gasteiger charge is -2.30. The van der Waals surface area contributed by atoms with E-state index in [1.165, 1.54) is 92.1 Å². The van der Waals surface area contributed by atoms with Crippen molar-refractivity contribution < 1.29 is 0 Å². The van der Waals surface area contributed by atoms with E-state index < -0.39 is 0 Å². The summed E-state index contributed by atoms with van der Waals surface area (Å²) in [6.07, 6.45) is 0. The van der Waals surface area contributed by atoms with Crippen LogP contribution in [0.2, 0.25) is 0 Å². The molecule has 2 heteroatoms. The summed E-state index contributed by atoms with van der Waals surface area (Å²) in [5, 5.41) is 5.10. The van der Waals surface area contributed by atoms with E-state index >= 15 is 0 Å². The highest BCUT2D eigenvalue weighted by Crippen LogP contribution is 2.49. The fourth-order valence-electron chi connectivity index (χ4n) is 9.73. The first-order valence-corrected chi connectivity index (χ1v) is 23.4. The minimum atomic E-state index is 1.08. The average molecular weight is 858 g/mol. The molecule has 0 N–H and O–H groups in total. The Morgan fingerprint density at radius 3 is 1.41 bits per heavy atom. The molecule has 0 radical (unpaired) electrons. The van der Waals surface area contributed by atoms with E-state index in [0.29, 0.717) is 0 Å². The first-order valence-electron chi connectivity index (χ1n) is 22.6. The van der Waals surface area contributed by atoms with Gasteiger partial charge < -0.3 is 4.90 Å². The SMILES string of the molecule is c1ccc(-c2ccccc2-c2ccccc2-c2ccccc2N(c2ccc(-c3ccc(-c4ccc5ccccc5c4)cc3)cc2)c2ccccc2-c2cccc3c2sc2ccccc23)cc1. The Labute approximate surface area is 389 Å². The second-order valence-corrected chi connectivity index (χ2v) is 17.8. The largest absolute Gasteiger partial charge is 0.309 e. The minimum Gasteiger partial charge on any atom is -0.309 e.